The molecule has 7 nitrogen and oxygen atoms in total. The summed E-state index contributed by atoms with van der Waals surface area (Å²) >= 11 is 0. The summed E-state index contributed by atoms with van der Waals surface area (Å²) in [7, 11) is 0. The predicted octanol–water partition coefficient (Wildman–Crippen LogP) is 3.90. The van der Waals surface area contributed by atoms with Crippen molar-refractivity contribution >= 4 is 17.6 Å². The van der Waals surface area contributed by atoms with Gasteiger partial charge in [-0.25, -0.2) is 0 Å². The van der Waals surface area contributed by atoms with E-state index in [1.807, 2.05) is 35.2 Å². The van der Waals surface area contributed by atoms with Crippen LogP contribution in [0.15, 0.2) is 66.7 Å². The van der Waals surface area contributed by atoms with Gasteiger partial charge < -0.3 is 14.7 Å². The largest absolute Gasteiger partial charge is 0.352 e. The van der Waals surface area contributed by atoms with E-state index in [-0.39, 0.29) is 24.3 Å². The second-order valence-corrected chi connectivity index (χ2v) is 9.46. The Morgan fingerprint density at radius 2 is 1.57 bits per heavy atom. The molecular weight excluding hydrogens is 438 g/mol. The van der Waals surface area contributed by atoms with Crippen molar-refractivity contribution in [1.29, 1.82) is 0 Å². The Morgan fingerprint density at radius 1 is 0.886 bits per heavy atom. The lowest BCUT2D eigenvalue weighted by atomic mass is 10.1. The number of aromatic nitrogens is 2. The van der Waals surface area contributed by atoms with Gasteiger partial charge >= 0.3 is 0 Å². The molecule has 2 heterocycles. The standard InChI is InChI=1S/C28H33N5O2/c1-21(2)19-33(28(35)24-7-5-4-6-8-24)20-27(34)32-17-15-31(16-18-32)26-14-13-25(29-30-26)23-11-9-22(3)10-12-23/h4-14,21H,15-20H2,1-3H3. The monoisotopic (exact) mass is 471 g/mol. The van der Waals surface area contributed by atoms with Crippen LogP contribution >= 0.6 is 0 Å². The van der Waals surface area contributed by atoms with Crippen LogP contribution in [0.2, 0.25) is 0 Å². The first-order chi connectivity index (χ1) is 16.9. The molecule has 0 N–H and O–H groups in total. The average Bonchev–Trinajstić information content (AvgIpc) is 2.89. The summed E-state index contributed by atoms with van der Waals surface area (Å²) in [4.78, 5) is 31.8. The zero-order chi connectivity index (χ0) is 24.8. The third kappa shape index (κ3) is 6.23. The van der Waals surface area contributed by atoms with E-state index in [1.54, 1.807) is 17.0 Å². The molecule has 1 aliphatic rings. The van der Waals surface area contributed by atoms with Crippen molar-refractivity contribution < 1.29 is 9.59 Å². The minimum Gasteiger partial charge on any atom is -0.352 e. The summed E-state index contributed by atoms with van der Waals surface area (Å²) in [5.41, 5.74) is 3.71. The molecule has 1 fully saturated rings. The highest BCUT2D eigenvalue weighted by Crippen LogP contribution is 2.20. The van der Waals surface area contributed by atoms with Crippen LogP contribution in [0.4, 0.5) is 5.82 Å². The SMILES string of the molecule is Cc1ccc(-c2ccc(N3CCN(C(=O)CN(CC(C)C)C(=O)c4ccccc4)CC3)nn2)cc1. The molecule has 0 radical (unpaired) electrons. The Morgan fingerprint density at radius 3 is 2.17 bits per heavy atom. The number of hydrogen-bond donors (Lipinski definition) is 0. The predicted molar refractivity (Wildman–Crippen MR) is 138 cm³/mol. The van der Waals surface area contributed by atoms with E-state index in [1.165, 1.54) is 5.56 Å². The molecule has 1 aromatic heterocycles. The van der Waals surface area contributed by atoms with Crippen LogP contribution < -0.4 is 4.90 Å². The van der Waals surface area contributed by atoms with Crippen LogP contribution in [0, 0.1) is 12.8 Å². The van der Waals surface area contributed by atoms with Crippen molar-refractivity contribution in [2.45, 2.75) is 20.8 Å². The van der Waals surface area contributed by atoms with E-state index in [2.05, 4.69) is 60.1 Å². The number of anilines is 1. The molecule has 1 saturated heterocycles. The zero-order valence-electron chi connectivity index (χ0n) is 20.7. The van der Waals surface area contributed by atoms with E-state index >= 15 is 0 Å². The Balaban J connectivity index is 1.34. The maximum atomic E-state index is 13.1. The number of aryl methyl sites for hydroxylation is 1. The molecule has 182 valence electrons. The van der Waals surface area contributed by atoms with Crippen LogP contribution in [0.3, 0.4) is 0 Å². The highest BCUT2D eigenvalue weighted by molar-refractivity contribution is 5.96. The van der Waals surface area contributed by atoms with Crippen LogP contribution in [-0.2, 0) is 4.79 Å². The molecule has 35 heavy (non-hydrogen) atoms. The summed E-state index contributed by atoms with van der Waals surface area (Å²) in [6.07, 6.45) is 0. The average molecular weight is 472 g/mol. The van der Waals surface area contributed by atoms with Crippen LogP contribution in [-0.4, -0.2) is 71.1 Å². The molecule has 2 aromatic carbocycles. The summed E-state index contributed by atoms with van der Waals surface area (Å²) in [6.45, 7) is 9.36. The molecule has 0 spiro atoms. The first-order valence-electron chi connectivity index (χ1n) is 12.2. The van der Waals surface area contributed by atoms with Crippen molar-refractivity contribution in [3.63, 3.8) is 0 Å². The highest BCUT2D eigenvalue weighted by atomic mass is 16.2. The van der Waals surface area contributed by atoms with Crippen molar-refractivity contribution in [3.05, 3.63) is 77.9 Å². The van der Waals surface area contributed by atoms with Gasteiger partial charge in [0.25, 0.3) is 5.91 Å². The fourth-order valence-corrected chi connectivity index (χ4v) is 4.24. The fourth-order valence-electron chi connectivity index (χ4n) is 4.24. The molecule has 0 unspecified atom stereocenters. The smallest absolute Gasteiger partial charge is 0.254 e. The van der Waals surface area contributed by atoms with Gasteiger partial charge in [-0.15, -0.1) is 10.2 Å². The van der Waals surface area contributed by atoms with Crippen LogP contribution in [0.5, 0.6) is 0 Å². The fraction of sp³-hybridized carbons (Fsp3) is 0.357. The van der Waals surface area contributed by atoms with Gasteiger partial charge in [-0.2, -0.15) is 0 Å². The Labute approximate surface area is 207 Å². The second kappa shape index (κ2) is 11.1. The lowest BCUT2D eigenvalue weighted by molar-refractivity contribution is -0.132. The van der Waals surface area contributed by atoms with Gasteiger partial charge in [-0.05, 0) is 37.1 Å². The lowest BCUT2D eigenvalue weighted by Crippen LogP contribution is -2.52. The molecule has 0 aliphatic carbocycles. The van der Waals surface area contributed by atoms with Crippen molar-refractivity contribution in [3.8, 4) is 11.3 Å². The summed E-state index contributed by atoms with van der Waals surface area (Å²) < 4.78 is 0. The van der Waals surface area contributed by atoms with E-state index in [4.69, 9.17) is 0 Å². The van der Waals surface area contributed by atoms with Crippen molar-refractivity contribution in [2.75, 3.05) is 44.2 Å². The Bertz CT molecular complexity index is 1120. The number of carbonyl (C=O) groups excluding carboxylic acids is 2. The van der Waals surface area contributed by atoms with Gasteiger partial charge in [-0.3, -0.25) is 9.59 Å². The summed E-state index contributed by atoms with van der Waals surface area (Å²) in [5, 5.41) is 8.84. The van der Waals surface area contributed by atoms with Crippen LogP contribution in [0.25, 0.3) is 11.3 Å². The normalized spacial score (nSPS) is 13.7. The molecule has 2 amide bonds. The van der Waals surface area contributed by atoms with Gasteiger partial charge in [0.1, 0.15) is 6.54 Å². The van der Waals surface area contributed by atoms with E-state index in [0.717, 1.165) is 17.1 Å². The van der Waals surface area contributed by atoms with Gasteiger partial charge in [-0.1, -0.05) is 61.9 Å². The number of benzene rings is 2. The molecular formula is C28H33N5O2. The van der Waals surface area contributed by atoms with Gasteiger partial charge in [0.15, 0.2) is 5.82 Å². The molecule has 1 aliphatic heterocycles. The van der Waals surface area contributed by atoms with Gasteiger partial charge in [0.2, 0.25) is 5.91 Å². The number of rotatable bonds is 7. The molecule has 3 aromatic rings. The topological polar surface area (TPSA) is 69.6 Å². The third-order valence-electron chi connectivity index (χ3n) is 6.17. The molecule has 0 saturated carbocycles. The number of piperazine rings is 1. The minimum absolute atomic E-state index is 0.0182. The van der Waals surface area contributed by atoms with E-state index < -0.39 is 0 Å². The Kier molecular flexibility index (Phi) is 7.75. The summed E-state index contributed by atoms with van der Waals surface area (Å²) in [6, 6.07) is 21.4. The van der Waals surface area contributed by atoms with Crippen LogP contribution in [0.1, 0.15) is 29.8 Å². The maximum absolute atomic E-state index is 13.1. The quantitative estimate of drug-likeness (QED) is 0.523. The van der Waals surface area contributed by atoms with E-state index in [0.29, 0.717) is 38.3 Å². The number of carbonyl (C=O) groups is 2. The highest BCUT2D eigenvalue weighted by Gasteiger charge is 2.26. The molecule has 4 rings (SSSR count). The minimum atomic E-state index is -0.102. The molecule has 0 atom stereocenters. The van der Waals surface area contributed by atoms with Crippen molar-refractivity contribution in [1.82, 2.24) is 20.0 Å². The molecule has 0 bridgehead atoms. The zero-order valence-corrected chi connectivity index (χ0v) is 20.7. The first kappa shape index (κ1) is 24.4. The second-order valence-electron chi connectivity index (χ2n) is 9.46. The van der Waals surface area contributed by atoms with Gasteiger partial charge in [0, 0.05) is 43.9 Å². The van der Waals surface area contributed by atoms with Crippen molar-refractivity contribution in [2.24, 2.45) is 5.92 Å². The number of nitrogens with zero attached hydrogens (tertiary/aromatic N) is 5. The lowest BCUT2D eigenvalue weighted by Gasteiger charge is -2.36. The first-order valence-corrected chi connectivity index (χ1v) is 12.2. The maximum Gasteiger partial charge on any atom is 0.254 e. The third-order valence-corrected chi connectivity index (χ3v) is 6.17. The van der Waals surface area contributed by atoms with Gasteiger partial charge in [0.05, 0.1) is 5.69 Å². The Hall–Kier alpha value is -3.74. The molecule has 7 heteroatoms. The number of hydrogen-bond acceptors (Lipinski definition) is 5. The van der Waals surface area contributed by atoms with E-state index in [9.17, 15) is 9.59 Å². The number of amides is 2. The summed E-state index contributed by atoms with van der Waals surface area (Å²) in [5.74, 6) is 0.966.